The van der Waals surface area contributed by atoms with E-state index in [0.717, 1.165) is 0 Å². The van der Waals surface area contributed by atoms with E-state index in [-0.39, 0.29) is 5.92 Å². The minimum atomic E-state index is -1.18. The third kappa shape index (κ3) is 7.86. The second-order valence-corrected chi connectivity index (χ2v) is 3.74. The molecule has 12 N–H and O–H groups in total. The fraction of sp³-hybridized carbons (Fsp3) is 1.00. The highest BCUT2D eigenvalue weighted by molar-refractivity contribution is 4.77. The molecule has 74 valence electrons. The average Bonchev–Trinajstić information content (AvgIpc) is 1.49. The second-order valence-electron chi connectivity index (χ2n) is 3.74. The lowest BCUT2D eigenvalue weighted by molar-refractivity contribution is 0.277. The summed E-state index contributed by atoms with van der Waals surface area (Å²) in [4.78, 5) is 0. The van der Waals surface area contributed by atoms with Crippen molar-refractivity contribution in [2.24, 2.45) is 40.3 Å². The molecule has 0 saturated carbocycles. The van der Waals surface area contributed by atoms with E-state index in [1.54, 1.807) is 0 Å². The summed E-state index contributed by atoms with van der Waals surface area (Å²) in [6.07, 6.45) is 0.862. The van der Waals surface area contributed by atoms with E-state index in [2.05, 4.69) is 0 Å². The minimum Gasteiger partial charge on any atom is -0.301 e. The van der Waals surface area contributed by atoms with Crippen LogP contribution < -0.4 is 34.4 Å². The molecule has 0 aliphatic heterocycles. The van der Waals surface area contributed by atoms with E-state index in [4.69, 9.17) is 34.4 Å². The number of nitrogens with two attached hydrogens (primary N) is 6. The summed E-state index contributed by atoms with van der Waals surface area (Å²) in [5, 5.41) is 0. The maximum atomic E-state index is 5.39. The molecule has 6 nitrogen and oxygen atoms in total. The lowest BCUT2D eigenvalue weighted by Gasteiger charge is -2.27. The van der Waals surface area contributed by atoms with Crippen LogP contribution in [0.2, 0.25) is 0 Å². The zero-order valence-corrected chi connectivity index (χ0v) is 7.46. The predicted molar refractivity (Wildman–Crippen MR) is 49.0 cm³/mol. The predicted octanol–water partition coefficient (Wildman–Crippen LogP) is -2.54. The van der Waals surface area contributed by atoms with Crippen LogP contribution in [0, 0.1) is 5.92 Å². The van der Waals surface area contributed by atoms with Crippen molar-refractivity contribution < 1.29 is 0 Å². The quantitative estimate of drug-likeness (QED) is 0.259. The van der Waals surface area contributed by atoms with Gasteiger partial charge in [0.15, 0.2) is 0 Å². The zero-order chi connectivity index (χ0) is 9.99. The number of hydrogen-bond donors (Lipinski definition) is 6. The molecular formula is C6H20N6. The van der Waals surface area contributed by atoms with Crippen LogP contribution in [0.1, 0.15) is 19.8 Å². The molecule has 0 aromatic rings. The van der Waals surface area contributed by atoms with E-state index < -0.39 is 11.6 Å². The Morgan fingerprint density at radius 3 is 1.25 bits per heavy atom. The van der Waals surface area contributed by atoms with Gasteiger partial charge in [-0.25, -0.2) is 0 Å². The molecule has 0 fully saturated rings. The summed E-state index contributed by atoms with van der Waals surface area (Å²) in [7, 11) is 0. The Hall–Kier alpha value is -0.240. The van der Waals surface area contributed by atoms with Gasteiger partial charge in [0, 0.05) is 0 Å². The van der Waals surface area contributed by atoms with Gasteiger partial charge in [0.05, 0.1) is 0 Å². The van der Waals surface area contributed by atoms with E-state index >= 15 is 0 Å². The van der Waals surface area contributed by atoms with Gasteiger partial charge in [-0.15, -0.1) is 0 Å². The fourth-order valence-electron chi connectivity index (χ4n) is 1.28. The van der Waals surface area contributed by atoms with Crippen molar-refractivity contribution in [2.45, 2.75) is 31.3 Å². The smallest absolute Gasteiger partial charge is 0.116 e. The van der Waals surface area contributed by atoms with Gasteiger partial charge in [0.1, 0.15) is 11.6 Å². The van der Waals surface area contributed by atoms with Crippen molar-refractivity contribution in [2.75, 3.05) is 0 Å². The van der Waals surface area contributed by atoms with Crippen molar-refractivity contribution in [1.82, 2.24) is 0 Å². The Balaban J connectivity index is 3.83. The van der Waals surface area contributed by atoms with E-state index in [9.17, 15) is 0 Å². The zero-order valence-electron chi connectivity index (χ0n) is 7.46. The molecule has 0 heterocycles. The van der Waals surface area contributed by atoms with Gasteiger partial charge in [-0.3, -0.25) is 0 Å². The highest BCUT2D eigenvalue weighted by atomic mass is 15.1. The summed E-state index contributed by atoms with van der Waals surface area (Å²) >= 11 is 0. The standard InChI is InChI=1S/C6H20N6/c1-4(2-5(7,8)9)3-6(10,11)12/h4H,2-3,7-12H2,1H3. The Kier molecular flexibility index (Phi) is 3.58. The molecule has 12 heavy (non-hydrogen) atoms. The molecule has 0 aliphatic carbocycles. The highest BCUT2D eigenvalue weighted by Crippen LogP contribution is 2.12. The van der Waals surface area contributed by atoms with Crippen LogP contribution >= 0.6 is 0 Å². The molecule has 0 unspecified atom stereocenters. The summed E-state index contributed by atoms with van der Waals surface area (Å²) in [5.74, 6) is -2.25. The molecule has 0 aliphatic rings. The largest absolute Gasteiger partial charge is 0.301 e. The summed E-state index contributed by atoms with van der Waals surface area (Å²) in [6.45, 7) is 1.89. The molecule has 0 aromatic carbocycles. The van der Waals surface area contributed by atoms with Crippen LogP contribution in [-0.4, -0.2) is 11.6 Å². The van der Waals surface area contributed by atoms with Crippen LogP contribution in [0.5, 0.6) is 0 Å². The van der Waals surface area contributed by atoms with Crippen LogP contribution in [0.3, 0.4) is 0 Å². The van der Waals surface area contributed by atoms with E-state index in [0.29, 0.717) is 12.8 Å². The maximum absolute atomic E-state index is 5.39. The lowest BCUT2D eigenvalue weighted by Crippen LogP contribution is -2.61. The molecule has 0 bridgehead atoms. The maximum Gasteiger partial charge on any atom is 0.116 e. The third-order valence-electron chi connectivity index (χ3n) is 1.40. The van der Waals surface area contributed by atoms with Gasteiger partial charge in [0.25, 0.3) is 0 Å². The molecule has 0 saturated heterocycles. The molecule has 0 aromatic heterocycles. The number of hydrogen-bond acceptors (Lipinski definition) is 6. The van der Waals surface area contributed by atoms with Crippen molar-refractivity contribution in [1.29, 1.82) is 0 Å². The lowest BCUT2D eigenvalue weighted by atomic mass is 9.96. The third-order valence-corrected chi connectivity index (χ3v) is 1.40. The van der Waals surface area contributed by atoms with Crippen molar-refractivity contribution in [3.05, 3.63) is 0 Å². The van der Waals surface area contributed by atoms with Gasteiger partial charge in [0.2, 0.25) is 0 Å². The molecule has 0 spiro atoms. The Labute approximate surface area is 72.6 Å². The average molecular weight is 176 g/mol. The van der Waals surface area contributed by atoms with Gasteiger partial charge in [-0.1, -0.05) is 6.92 Å². The Morgan fingerprint density at radius 1 is 0.833 bits per heavy atom. The second kappa shape index (κ2) is 3.65. The molecule has 0 rings (SSSR count). The first-order chi connectivity index (χ1) is 5.10. The molecule has 0 amide bonds. The van der Waals surface area contributed by atoms with E-state index in [1.165, 1.54) is 0 Å². The summed E-state index contributed by atoms with van der Waals surface area (Å²) < 4.78 is 0. The molecular weight excluding hydrogens is 156 g/mol. The highest BCUT2D eigenvalue weighted by Gasteiger charge is 2.22. The number of rotatable bonds is 4. The van der Waals surface area contributed by atoms with Crippen LogP contribution in [0.4, 0.5) is 0 Å². The monoisotopic (exact) mass is 176 g/mol. The SMILES string of the molecule is CC(CC(N)(N)N)CC(N)(N)N. The van der Waals surface area contributed by atoms with Crippen LogP contribution in [0.15, 0.2) is 0 Å². The van der Waals surface area contributed by atoms with Crippen molar-refractivity contribution in [3.8, 4) is 0 Å². The minimum absolute atomic E-state index is 0.102. The Bertz CT molecular complexity index is 116. The molecule has 6 heteroatoms. The van der Waals surface area contributed by atoms with Gasteiger partial charge in [-0.05, 0) is 18.8 Å². The van der Waals surface area contributed by atoms with Crippen LogP contribution in [-0.2, 0) is 0 Å². The Morgan fingerprint density at radius 2 is 1.08 bits per heavy atom. The van der Waals surface area contributed by atoms with Crippen molar-refractivity contribution in [3.63, 3.8) is 0 Å². The van der Waals surface area contributed by atoms with Crippen LogP contribution in [0.25, 0.3) is 0 Å². The summed E-state index contributed by atoms with van der Waals surface area (Å²) in [6, 6.07) is 0. The fourth-order valence-corrected chi connectivity index (χ4v) is 1.28. The van der Waals surface area contributed by atoms with E-state index in [1.807, 2.05) is 6.92 Å². The van der Waals surface area contributed by atoms with Gasteiger partial charge >= 0.3 is 0 Å². The first-order valence-electron chi connectivity index (χ1n) is 3.83. The first kappa shape index (κ1) is 11.8. The normalized spacial score (nSPS) is 14.0. The van der Waals surface area contributed by atoms with Gasteiger partial charge < -0.3 is 34.4 Å². The molecule has 0 atom stereocenters. The van der Waals surface area contributed by atoms with Crippen molar-refractivity contribution >= 4 is 0 Å². The molecule has 0 radical (unpaired) electrons. The van der Waals surface area contributed by atoms with Gasteiger partial charge in [-0.2, -0.15) is 0 Å². The summed E-state index contributed by atoms with van der Waals surface area (Å²) in [5.41, 5.74) is 32.3. The topological polar surface area (TPSA) is 156 Å². The first-order valence-corrected chi connectivity index (χ1v) is 3.83.